The maximum Gasteiger partial charge on any atom is 0.308 e. The molecule has 1 N–H and O–H groups in total. The molecular formula is C17H30N2O2. The Balaban J connectivity index is 1.60. The second kappa shape index (κ2) is 5.88. The van der Waals surface area contributed by atoms with Gasteiger partial charge in [0.1, 0.15) is 0 Å². The van der Waals surface area contributed by atoms with Gasteiger partial charge in [0.25, 0.3) is 0 Å². The van der Waals surface area contributed by atoms with Crippen molar-refractivity contribution in [1.29, 1.82) is 0 Å². The van der Waals surface area contributed by atoms with Crippen LogP contribution in [0, 0.1) is 17.8 Å². The lowest BCUT2D eigenvalue weighted by Gasteiger charge is -2.43. The van der Waals surface area contributed by atoms with E-state index < -0.39 is 5.97 Å². The number of carbonyl (C=O) groups is 1. The van der Waals surface area contributed by atoms with Crippen LogP contribution in [-0.2, 0) is 4.79 Å². The number of carboxylic acid groups (broad SMARTS) is 1. The molecule has 2 saturated heterocycles. The van der Waals surface area contributed by atoms with Crippen molar-refractivity contribution < 1.29 is 9.90 Å². The Hall–Kier alpha value is -0.610. The van der Waals surface area contributed by atoms with Crippen molar-refractivity contribution in [2.45, 2.75) is 51.5 Å². The first-order valence-electron chi connectivity index (χ1n) is 8.67. The van der Waals surface area contributed by atoms with Crippen molar-refractivity contribution in [2.75, 3.05) is 32.7 Å². The monoisotopic (exact) mass is 294 g/mol. The summed E-state index contributed by atoms with van der Waals surface area (Å²) in [5.74, 6) is 0.383. The maximum atomic E-state index is 11.5. The fourth-order valence-corrected chi connectivity index (χ4v) is 4.45. The van der Waals surface area contributed by atoms with E-state index in [0.29, 0.717) is 11.8 Å². The molecule has 0 unspecified atom stereocenters. The highest BCUT2D eigenvalue weighted by atomic mass is 16.4. The summed E-state index contributed by atoms with van der Waals surface area (Å²) in [4.78, 5) is 16.6. The number of carboxylic acids is 1. The van der Waals surface area contributed by atoms with Crippen LogP contribution in [0.15, 0.2) is 0 Å². The number of hydrogen-bond acceptors (Lipinski definition) is 3. The molecule has 0 aromatic carbocycles. The summed E-state index contributed by atoms with van der Waals surface area (Å²) in [7, 11) is 0. The van der Waals surface area contributed by atoms with E-state index in [0.717, 1.165) is 19.6 Å². The topological polar surface area (TPSA) is 43.8 Å². The second-order valence-corrected chi connectivity index (χ2v) is 8.00. The summed E-state index contributed by atoms with van der Waals surface area (Å²) in [6.07, 6.45) is 6.48. The van der Waals surface area contributed by atoms with Crippen molar-refractivity contribution >= 4 is 5.97 Å². The molecule has 0 aromatic rings. The van der Waals surface area contributed by atoms with Crippen molar-refractivity contribution in [3.05, 3.63) is 0 Å². The molecule has 2 atom stereocenters. The predicted octanol–water partition coefficient (Wildman–Crippen LogP) is 2.29. The Kier molecular flexibility index (Phi) is 4.28. The lowest BCUT2D eigenvalue weighted by Crippen LogP contribution is -2.53. The molecule has 3 fully saturated rings. The summed E-state index contributed by atoms with van der Waals surface area (Å²) in [5, 5.41) is 9.49. The standard InChI is InChI=1S/C17H30N2O2/c1-17(2,19-8-4-3-5-9-19)12-18-10-14(13-6-7-13)15(11-18)16(20)21/h13-15H,3-12H2,1-2H3,(H,20,21)/t14-,15+/m0/s1. The highest BCUT2D eigenvalue weighted by Gasteiger charge is 2.46. The van der Waals surface area contributed by atoms with E-state index in [9.17, 15) is 9.90 Å². The number of nitrogens with zero attached hydrogens (tertiary/aromatic N) is 2. The quantitative estimate of drug-likeness (QED) is 0.845. The second-order valence-electron chi connectivity index (χ2n) is 8.00. The predicted molar refractivity (Wildman–Crippen MR) is 83.3 cm³/mol. The maximum absolute atomic E-state index is 11.5. The first-order valence-corrected chi connectivity index (χ1v) is 8.67. The zero-order valence-corrected chi connectivity index (χ0v) is 13.6. The summed E-state index contributed by atoms with van der Waals surface area (Å²) in [6.45, 7) is 9.84. The van der Waals surface area contributed by atoms with E-state index in [1.807, 2.05) is 0 Å². The number of likely N-dealkylation sites (tertiary alicyclic amines) is 2. The zero-order chi connectivity index (χ0) is 15.0. The molecule has 4 heteroatoms. The van der Waals surface area contributed by atoms with Gasteiger partial charge in [0, 0.05) is 25.2 Å². The molecule has 1 saturated carbocycles. The third-order valence-corrected chi connectivity index (χ3v) is 5.81. The third-order valence-electron chi connectivity index (χ3n) is 5.81. The van der Waals surface area contributed by atoms with Gasteiger partial charge in [-0.05, 0) is 64.5 Å². The minimum atomic E-state index is -0.579. The fraction of sp³-hybridized carbons (Fsp3) is 0.941. The Morgan fingerprint density at radius 2 is 1.81 bits per heavy atom. The number of hydrogen-bond donors (Lipinski definition) is 1. The minimum absolute atomic E-state index is 0.130. The molecule has 21 heavy (non-hydrogen) atoms. The lowest BCUT2D eigenvalue weighted by molar-refractivity contribution is -0.142. The highest BCUT2D eigenvalue weighted by Crippen LogP contribution is 2.44. The molecule has 0 aromatic heterocycles. The average molecular weight is 294 g/mol. The van der Waals surface area contributed by atoms with Crippen LogP contribution in [0.2, 0.25) is 0 Å². The molecule has 4 nitrogen and oxygen atoms in total. The van der Waals surface area contributed by atoms with Gasteiger partial charge < -0.3 is 10.0 Å². The van der Waals surface area contributed by atoms with Gasteiger partial charge in [-0.15, -0.1) is 0 Å². The SMILES string of the molecule is CC(C)(CN1C[C@@H](C(=O)O)[C@H](C2CC2)C1)N1CCCCC1. The average Bonchev–Trinajstić information content (AvgIpc) is 3.21. The van der Waals surface area contributed by atoms with Crippen molar-refractivity contribution in [2.24, 2.45) is 17.8 Å². The van der Waals surface area contributed by atoms with Crippen LogP contribution in [-0.4, -0.2) is 59.1 Å². The smallest absolute Gasteiger partial charge is 0.308 e. The third kappa shape index (κ3) is 3.42. The summed E-state index contributed by atoms with van der Waals surface area (Å²) < 4.78 is 0. The van der Waals surface area contributed by atoms with Gasteiger partial charge in [0.05, 0.1) is 5.92 Å². The van der Waals surface area contributed by atoms with Gasteiger partial charge in [-0.2, -0.15) is 0 Å². The lowest BCUT2D eigenvalue weighted by atomic mass is 9.92. The molecule has 0 radical (unpaired) electrons. The molecule has 0 bridgehead atoms. The highest BCUT2D eigenvalue weighted by molar-refractivity contribution is 5.71. The summed E-state index contributed by atoms with van der Waals surface area (Å²) >= 11 is 0. The van der Waals surface area contributed by atoms with Gasteiger partial charge >= 0.3 is 5.97 Å². The summed E-state index contributed by atoms with van der Waals surface area (Å²) in [5.41, 5.74) is 0.169. The Labute approximate surface area is 128 Å². The zero-order valence-electron chi connectivity index (χ0n) is 13.6. The van der Waals surface area contributed by atoms with Crippen molar-refractivity contribution in [1.82, 2.24) is 9.80 Å². The van der Waals surface area contributed by atoms with E-state index in [-0.39, 0.29) is 11.5 Å². The first kappa shape index (κ1) is 15.3. The molecular weight excluding hydrogens is 264 g/mol. The van der Waals surface area contributed by atoms with Gasteiger partial charge in [-0.1, -0.05) is 6.42 Å². The number of aliphatic carboxylic acids is 1. The Morgan fingerprint density at radius 3 is 2.38 bits per heavy atom. The van der Waals surface area contributed by atoms with E-state index in [1.165, 1.54) is 45.2 Å². The number of rotatable bonds is 5. The Morgan fingerprint density at radius 1 is 1.14 bits per heavy atom. The van der Waals surface area contributed by atoms with E-state index >= 15 is 0 Å². The molecule has 120 valence electrons. The molecule has 3 rings (SSSR count). The summed E-state index contributed by atoms with van der Waals surface area (Å²) in [6, 6.07) is 0. The normalized spacial score (nSPS) is 32.5. The largest absolute Gasteiger partial charge is 0.481 e. The van der Waals surface area contributed by atoms with Crippen molar-refractivity contribution in [3.8, 4) is 0 Å². The van der Waals surface area contributed by atoms with Crippen molar-refractivity contribution in [3.63, 3.8) is 0 Å². The van der Waals surface area contributed by atoms with E-state index in [4.69, 9.17) is 0 Å². The minimum Gasteiger partial charge on any atom is -0.481 e. The molecule has 0 spiro atoms. The van der Waals surface area contributed by atoms with Crippen LogP contribution < -0.4 is 0 Å². The molecule has 2 heterocycles. The van der Waals surface area contributed by atoms with Gasteiger partial charge in [-0.3, -0.25) is 9.69 Å². The Bertz CT molecular complexity index is 386. The van der Waals surface area contributed by atoms with Crippen LogP contribution in [0.5, 0.6) is 0 Å². The molecule has 3 aliphatic rings. The van der Waals surface area contributed by atoms with Crippen LogP contribution in [0.3, 0.4) is 0 Å². The van der Waals surface area contributed by atoms with Crippen LogP contribution >= 0.6 is 0 Å². The van der Waals surface area contributed by atoms with Gasteiger partial charge in [0.15, 0.2) is 0 Å². The van der Waals surface area contributed by atoms with Crippen LogP contribution in [0.4, 0.5) is 0 Å². The van der Waals surface area contributed by atoms with Crippen LogP contribution in [0.25, 0.3) is 0 Å². The van der Waals surface area contributed by atoms with Gasteiger partial charge in [-0.25, -0.2) is 0 Å². The van der Waals surface area contributed by atoms with Crippen LogP contribution in [0.1, 0.15) is 46.0 Å². The molecule has 1 aliphatic carbocycles. The fourth-order valence-electron chi connectivity index (χ4n) is 4.45. The number of piperidine rings is 1. The van der Waals surface area contributed by atoms with E-state index in [1.54, 1.807) is 0 Å². The molecule has 0 amide bonds. The van der Waals surface area contributed by atoms with E-state index in [2.05, 4.69) is 23.6 Å². The van der Waals surface area contributed by atoms with Gasteiger partial charge in [0.2, 0.25) is 0 Å². The first-order chi connectivity index (χ1) is 9.97. The molecule has 2 aliphatic heterocycles.